The number of amides is 2. The normalized spacial score (nSPS) is 19.1. The summed E-state index contributed by atoms with van der Waals surface area (Å²) in [6, 6.07) is 12.2. The second kappa shape index (κ2) is 15.0. The number of ether oxygens (including phenoxy) is 1. The fourth-order valence-corrected chi connectivity index (χ4v) is 6.45. The van der Waals surface area contributed by atoms with Gasteiger partial charge in [-0.3, -0.25) is 9.59 Å². The van der Waals surface area contributed by atoms with Crippen molar-refractivity contribution in [3.05, 3.63) is 77.4 Å². The molecule has 3 atom stereocenters. The fraction of sp³-hybridized carbons (Fsp3) is 0.472. The second-order valence-electron chi connectivity index (χ2n) is 14.0. The maximum atomic E-state index is 14.1. The minimum atomic E-state index is -2.39. The van der Waals surface area contributed by atoms with Crippen molar-refractivity contribution in [2.45, 2.75) is 96.6 Å². The highest BCUT2D eigenvalue weighted by atomic mass is 32.2. The summed E-state index contributed by atoms with van der Waals surface area (Å²) in [6.07, 6.45) is 5.89. The number of aliphatic hydroxyl groups excluding tert-OH is 1. The molecule has 0 radical (unpaired) electrons. The van der Waals surface area contributed by atoms with Gasteiger partial charge in [0.15, 0.2) is 0 Å². The van der Waals surface area contributed by atoms with Crippen LogP contribution in [0.15, 0.2) is 60.7 Å². The number of anilines is 1. The maximum absolute atomic E-state index is 14.1. The number of fused-ring (bicyclic) bond motifs is 1. The van der Waals surface area contributed by atoms with E-state index in [1.807, 2.05) is 83.2 Å². The van der Waals surface area contributed by atoms with Crippen LogP contribution >= 0.6 is 0 Å². The van der Waals surface area contributed by atoms with Gasteiger partial charge in [-0.15, -0.1) is 0 Å². The lowest BCUT2D eigenvalue weighted by Crippen LogP contribution is -2.51. The minimum absolute atomic E-state index is 0.140. The monoisotopic (exact) mass is 664 g/mol. The predicted molar refractivity (Wildman–Crippen MR) is 187 cm³/mol. The molecule has 0 fully saturated rings. The van der Waals surface area contributed by atoms with E-state index in [4.69, 9.17) is 4.74 Å². The van der Waals surface area contributed by atoms with Crippen molar-refractivity contribution in [3.8, 4) is 5.75 Å². The van der Waals surface area contributed by atoms with Gasteiger partial charge in [-0.2, -0.15) is 8.42 Å². The first-order chi connectivity index (χ1) is 22.1. The van der Waals surface area contributed by atoms with E-state index in [0.29, 0.717) is 25.1 Å². The molecular weight excluding hydrogens is 616 g/mol. The second-order valence-corrected chi connectivity index (χ2v) is 15.0. The van der Waals surface area contributed by atoms with Gasteiger partial charge in [-0.1, -0.05) is 36.4 Å². The average molecular weight is 665 g/mol. The standard InChI is InChI=1S/C36H48N4O6S/c1-23(41)21-37-36(5,6)20-32(42)38-29-17-15-26-19-27(46-7)16-18-30(26)40(34(29)43)22-24-11-13-25(14-12-24)28-9-8-10-31(47(44)45)33(28)39-35(2,3)4/h8-14,16,18-19,23,29,33,37,39,41H,15,17,20-22H2,1-7H3,(H,38,42)/t23-,29-,33?/m1/s1. The van der Waals surface area contributed by atoms with Crippen LogP contribution in [0, 0.1) is 0 Å². The lowest BCUT2D eigenvalue weighted by atomic mass is 9.90. The first kappa shape index (κ1) is 36.1. The van der Waals surface area contributed by atoms with Gasteiger partial charge in [0.2, 0.25) is 22.1 Å². The van der Waals surface area contributed by atoms with Crippen molar-refractivity contribution in [1.29, 1.82) is 0 Å². The van der Waals surface area contributed by atoms with E-state index < -0.39 is 34.0 Å². The Labute approximate surface area is 279 Å². The largest absolute Gasteiger partial charge is 0.497 e. The Morgan fingerprint density at radius 1 is 1.11 bits per heavy atom. The van der Waals surface area contributed by atoms with Gasteiger partial charge in [0.25, 0.3) is 0 Å². The predicted octanol–water partition coefficient (Wildman–Crippen LogP) is 3.56. The Balaban J connectivity index is 1.59. The summed E-state index contributed by atoms with van der Waals surface area (Å²) in [5.41, 5.74) is 3.40. The summed E-state index contributed by atoms with van der Waals surface area (Å²) >= 11 is 0. The smallest absolute Gasteiger partial charge is 0.249 e. The van der Waals surface area contributed by atoms with Crippen molar-refractivity contribution in [3.63, 3.8) is 0 Å². The number of carbonyl (C=O) groups excluding carboxylic acids is 2. The molecule has 0 aromatic heterocycles. The van der Waals surface area contributed by atoms with Gasteiger partial charge >= 0.3 is 0 Å². The summed E-state index contributed by atoms with van der Waals surface area (Å²) in [7, 11) is -0.782. The number of rotatable bonds is 11. The molecule has 4 N–H and O–H groups in total. The Morgan fingerprint density at radius 3 is 2.43 bits per heavy atom. The Bertz CT molecular complexity index is 1660. The van der Waals surface area contributed by atoms with E-state index in [1.165, 1.54) is 0 Å². The van der Waals surface area contributed by atoms with Gasteiger partial charge in [0, 0.05) is 29.7 Å². The van der Waals surface area contributed by atoms with E-state index in [0.717, 1.165) is 28.0 Å². The molecule has 0 saturated heterocycles. The fourth-order valence-electron chi connectivity index (χ4n) is 5.89. The molecule has 0 spiro atoms. The molecule has 0 bridgehead atoms. The van der Waals surface area contributed by atoms with Gasteiger partial charge in [-0.05, 0) is 101 Å². The maximum Gasteiger partial charge on any atom is 0.249 e. The van der Waals surface area contributed by atoms with Crippen molar-refractivity contribution < 1.29 is 27.9 Å². The molecule has 47 heavy (non-hydrogen) atoms. The van der Waals surface area contributed by atoms with Crippen molar-refractivity contribution in [2.24, 2.45) is 0 Å². The zero-order valence-corrected chi connectivity index (χ0v) is 29.2. The summed E-state index contributed by atoms with van der Waals surface area (Å²) in [4.78, 5) is 29.3. The zero-order valence-electron chi connectivity index (χ0n) is 28.4. The molecule has 1 aliphatic carbocycles. The highest BCUT2D eigenvalue weighted by Gasteiger charge is 2.33. The van der Waals surface area contributed by atoms with E-state index in [9.17, 15) is 23.1 Å². The molecule has 1 aliphatic heterocycles. The first-order valence-corrected chi connectivity index (χ1v) is 17.1. The first-order valence-electron chi connectivity index (χ1n) is 16.0. The molecular formula is C36H48N4O6S. The molecule has 2 aliphatic rings. The lowest BCUT2D eigenvalue weighted by molar-refractivity contribution is -0.128. The van der Waals surface area contributed by atoms with Crippen LogP contribution in [0.1, 0.15) is 71.1 Å². The van der Waals surface area contributed by atoms with E-state index in [2.05, 4.69) is 16.0 Å². The molecule has 2 aromatic carbocycles. The highest BCUT2D eigenvalue weighted by molar-refractivity contribution is 7.73. The van der Waals surface area contributed by atoms with Crippen molar-refractivity contribution in [2.75, 3.05) is 18.6 Å². The van der Waals surface area contributed by atoms with E-state index >= 15 is 0 Å². The summed E-state index contributed by atoms with van der Waals surface area (Å²) in [5, 5.41) is 19.3. The van der Waals surface area contributed by atoms with Gasteiger partial charge in [-0.25, -0.2) is 0 Å². The highest BCUT2D eigenvalue weighted by Crippen LogP contribution is 2.32. The Hall–Kier alpha value is -3.77. The third kappa shape index (κ3) is 9.63. The van der Waals surface area contributed by atoms with Crippen LogP contribution in [0.5, 0.6) is 5.75 Å². The Kier molecular flexibility index (Phi) is 11.5. The third-order valence-corrected chi connectivity index (χ3v) is 8.94. The number of hydrogen-bond donors (Lipinski definition) is 4. The Morgan fingerprint density at radius 2 is 1.81 bits per heavy atom. The number of methoxy groups -OCH3 is 1. The number of nitrogens with one attached hydrogen (secondary N) is 3. The summed E-state index contributed by atoms with van der Waals surface area (Å²) in [5.74, 6) is 0.243. The van der Waals surface area contributed by atoms with Crippen LogP contribution < -0.4 is 25.6 Å². The van der Waals surface area contributed by atoms with Crippen molar-refractivity contribution >= 4 is 38.2 Å². The quantitative estimate of drug-likeness (QED) is 0.268. The SMILES string of the molecule is COc1ccc2c(c1)CC[C@@H](NC(=O)CC(C)(C)NC[C@@H](C)O)C(=O)N2Cc1ccc(C2=CC=CC(=S(=O)=O)C2NC(C)(C)C)cc1. The van der Waals surface area contributed by atoms with Crippen LogP contribution in [0.25, 0.3) is 5.57 Å². The van der Waals surface area contributed by atoms with Crippen LogP contribution in [0.3, 0.4) is 0 Å². The molecule has 2 amide bonds. The number of allylic oxidation sites excluding steroid dienone is 2. The number of β-amino-alcohol motifs (C(OH)–C–C–N with tert-alkyl or cyclic N) is 1. The molecule has 1 unspecified atom stereocenters. The molecule has 2 aromatic rings. The van der Waals surface area contributed by atoms with Crippen LogP contribution in [-0.4, -0.2) is 73.1 Å². The van der Waals surface area contributed by atoms with E-state index in [1.54, 1.807) is 31.1 Å². The average Bonchev–Trinajstić information content (AvgIpc) is 3.11. The molecule has 1 heterocycles. The van der Waals surface area contributed by atoms with Gasteiger partial charge in [0.1, 0.15) is 11.8 Å². The minimum Gasteiger partial charge on any atom is -0.497 e. The number of nitrogens with zero attached hydrogens (tertiary/aromatic N) is 1. The number of aliphatic hydroxyl groups is 1. The number of hydrogen-bond acceptors (Lipinski definition) is 8. The van der Waals surface area contributed by atoms with E-state index in [-0.39, 0.29) is 35.2 Å². The zero-order chi connectivity index (χ0) is 34.5. The molecule has 4 rings (SSSR count). The van der Waals surface area contributed by atoms with Gasteiger partial charge < -0.3 is 30.7 Å². The van der Waals surface area contributed by atoms with Crippen LogP contribution in [0.4, 0.5) is 5.69 Å². The third-order valence-electron chi connectivity index (χ3n) is 8.19. The summed E-state index contributed by atoms with van der Waals surface area (Å²) < 4.78 is 29.6. The number of carbonyl (C=O) groups is 2. The van der Waals surface area contributed by atoms with Crippen LogP contribution in [0.2, 0.25) is 0 Å². The van der Waals surface area contributed by atoms with Gasteiger partial charge in [0.05, 0.1) is 30.7 Å². The molecule has 254 valence electrons. The number of aryl methyl sites for hydroxylation is 1. The molecule has 10 nitrogen and oxygen atoms in total. The molecule has 11 heteroatoms. The lowest BCUT2D eigenvalue weighted by Gasteiger charge is -2.31. The summed E-state index contributed by atoms with van der Waals surface area (Å²) in [6.45, 7) is 12.1. The van der Waals surface area contributed by atoms with Crippen molar-refractivity contribution in [1.82, 2.24) is 16.0 Å². The van der Waals surface area contributed by atoms with Crippen LogP contribution in [-0.2, 0) is 32.8 Å². The number of benzene rings is 2. The molecule has 0 saturated carbocycles. The topological polar surface area (TPSA) is 137 Å².